The van der Waals surface area contributed by atoms with Crippen LogP contribution in [0, 0.1) is 3.57 Å². The Morgan fingerprint density at radius 3 is 3.08 bits per heavy atom. The van der Waals surface area contributed by atoms with Gasteiger partial charge in [-0.1, -0.05) is 0 Å². The van der Waals surface area contributed by atoms with Gasteiger partial charge in [-0.15, -0.1) is 0 Å². The van der Waals surface area contributed by atoms with Gasteiger partial charge in [0.1, 0.15) is 12.1 Å². The first-order chi connectivity index (χ1) is 6.20. The van der Waals surface area contributed by atoms with Crippen LogP contribution >= 0.6 is 22.6 Å². The lowest BCUT2D eigenvalue weighted by Crippen LogP contribution is -2.11. The molecule has 1 atom stereocenters. The molecule has 1 unspecified atom stereocenters. The average molecular weight is 293 g/mol. The maximum absolute atomic E-state index is 9.03. The van der Waals surface area contributed by atoms with Crippen LogP contribution in [0.1, 0.15) is 13.3 Å². The Kier molecular flexibility index (Phi) is 4.37. The average Bonchev–Trinajstić information content (AvgIpc) is 2.08. The Hall–Kier alpha value is -0.430. The zero-order valence-corrected chi connectivity index (χ0v) is 9.52. The van der Waals surface area contributed by atoms with E-state index in [2.05, 4.69) is 37.9 Å². The number of nitrogens with zero attached hydrogens (tertiary/aromatic N) is 2. The number of hydrogen-bond acceptors (Lipinski definition) is 4. The zero-order valence-electron chi connectivity index (χ0n) is 7.37. The van der Waals surface area contributed by atoms with Gasteiger partial charge in [0.2, 0.25) is 0 Å². The van der Waals surface area contributed by atoms with E-state index in [1.54, 1.807) is 13.1 Å². The number of aromatic nitrogens is 2. The van der Waals surface area contributed by atoms with E-state index in [1.165, 1.54) is 6.33 Å². The minimum absolute atomic E-state index is 0.271. The van der Waals surface area contributed by atoms with E-state index in [4.69, 9.17) is 5.11 Å². The van der Waals surface area contributed by atoms with Crippen molar-refractivity contribution in [1.29, 1.82) is 0 Å². The molecule has 2 N–H and O–H groups in total. The molecule has 1 aromatic heterocycles. The summed E-state index contributed by atoms with van der Waals surface area (Å²) in [5.41, 5.74) is 0. The topological polar surface area (TPSA) is 58.0 Å². The van der Waals surface area contributed by atoms with E-state index in [9.17, 15) is 0 Å². The first-order valence-electron chi connectivity index (χ1n) is 4.07. The van der Waals surface area contributed by atoms with Crippen LogP contribution in [0.2, 0.25) is 0 Å². The van der Waals surface area contributed by atoms with Crippen LogP contribution in [0.4, 0.5) is 5.82 Å². The second-order valence-electron chi connectivity index (χ2n) is 2.78. The molecule has 1 rings (SSSR count). The van der Waals surface area contributed by atoms with E-state index >= 15 is 0 Å². The third kappa shape index (κ3) is 3.86. The van der Waals surface area contributed by atoms with Gasteiger partial charge in [-0.2, -0.15) is 0 Å². The number of halogens is 1. The predicted octanol–water partition coefficient (Wildman–Crippen LogP) is 1.26. The second-order valence-corrected chi connectivity index (χ2v) is 3.95. The molecule has 13 heavy (non-hydrogen) atoms. The summed E-state index contributed by atoms with van der Waals surface area (Å²) < 4.78 is 0.991. The molecule has 0 aromatic carbocycles. The highest BCUT2D eigenvalue weighted by Gasteiger charge is 2.00. The predicted molar refractivity (Wildman–Crippen MR) is 59.5 cm³/mol. The van der Waals surface area contributed by atoms with Crippen molar-refractivity contribution in [3.8, 4) is 0 Å². The fraction of sp³-hybridized carbons (Fsp3) is 0.500. The van der Waals surface area contributed by atoms with Crippen LogP contribution in [-0.4, -0.2) is 27.7 Å². The third-order valence-electron chi connectivity index (χ3n) is 1.52. The van der Waals surface area contributed by atoms with Gasteiger partial charge in [-0.25, -0.2) is 9.97 Å². The van der Waals surface area contributed by atoms with Crippen molar-refractivity contribution in [3.63, 3.8) is 0 Å². The van der Waals surface area contributed by atoms with Crippen LogP contribution in [0.5, 0.6) is 0 Å². The number of anilines is 1. The van der Waals surface area contributed by atoms with Crippen molar-refractivity contribution in [3.05, 3.63) is 16.1 Å². The fourth-order valence-electron chi connectivity index (χ4n) is 0.842. The lowest BCUT2D eigenvalue weighted by molar-refractivity contribution is 0.188. The normalized spacial score (nSPS) is 12.5. The molecule has 0 fully saturated rings. The summed E-state index contributed by atoms with van der Waals surface area (Å²) in [5, 5.41) is 12.2. The van der Waals surface area contributed by atoms with Crippen molar-refractivity contribution in [2.75, 3.05) is 11.9 Å². The smallest absolute Gasteiger partial charge is 0.142 e. The largest absolute Gasteiger partial charge is 0.393 e. The highest BCUT2D eigenvalue weighted by Crippen LogP contribution is 2.11. The van der Waals surface area contributed by atoms with Gasteiger partial charge in [0, 0.05) is 12.7 Å². The van der Waals surface area contributed by atoms with Gasteiger partial charge in [0.25, 0.3) is 0 Å². The molecule has 0 saturated heterocycles. The zero-order chi connectivity index (χ0) is 9.68. The number of rotatable bonds is 4. The summed E-state index contributed by atoms with van der Waals surface area (Å²) >= 11 is 2.17. The van der Waals surface area contributed by atoms with Crippen molar-refractivity contribution in [1.82, 2.24) is 9.97 Å². The Labute approximate surface area is 90.9 Å². The molecule has 1 heterocycles. The molecule has 0 bridgehead atoms. The van der Waals surface area contributed by atoms with E-state index in [0.29, 0.717) is 0 Å². The van der Waals surface area contributed by atoms with Crippen LogP contribution in [0.15, 0.2) is 12.5 Å². The lowest BCUT2D eigenvalue weighted by Gasteiger charge is -2.07. The summed E-state index contributed by atoms with van der Waals surface area (Å²) in [6.07, 6.45) is 3.71. The Morgan fingerprint density at radius 1 is 1.69 bits per heavy atom. The number of aliphatic hydroxyl groups is 1. The molecule has 0 aliphatic rings. The standard InChI is InChI=1S/C8H12IN3O/c1-6(13)2-3-11-8-7(9)4-10-5-12-8/h4-6,13H,2-3H2,1H3,(H,10,11,12). The highest BCUT2D eigenvalue weighted by molar-refractivity contribution is 14.1. The minimum atomic E-state index is -0.271. The molecule has 0 aliphatic carbocycles. The summed E-state index contributed by atoms with van der Waals surface area (Å²) in [4.78, 5) is 7.94. The molecule has 0 radical (unpaired) electrons. The van der Waals surface area contributed by atoms with Crippen molar-refractivity contribution >= 4 is 28.4 Å². The highest BCUT2D eigenvalue weighted by atomic mass is 127. The molecule has 0 saturated carbocycles. The van der Waals surface area contributed by atoms with Crippen molar-refractivity contribution in [2.45, 2.75) is 19.4 Å². The maximum atomic E-state index is 9.03. The van der Waals surface area contributed by atoms with Crippen molar-refractivity contribution < 1.29 is 5.11 Å². The number of aliphatic hydroxyl groups excluding tert-OH is 1. The molecule has 5 heteroatoms. The summed E-state index contributed by atoms with van der Waals surface area (Å²) in [5.74, 6) is 0.830. The van der Waals surface area contributed by atoms with Crippen LogP contribution in [-0.2, 0) is 0 Å². The van der Waals surface area contributed by atoms with E-state index in [0.717, 1.165) is 22.4 Å². The Morgan fingerprint density at radius 2 is 2.46 bits per heavy atom. The fourth-order valence-corrected chi connectivity index (χ4v) is 1.33. The van der Waals surface area contributed by atoms with E-state index in [-0.39, 0.29) is 6.10 Å². The van der Waals surface area contributed by atoms with Gasteiger partial charge >= 0.3 is 0 Å². The van der Waals surface area contributed by atoms with E-state index < -0.39 is 0 Å². The number of hydrogen-bond donors (Lipinski definition) is 2. The number of nitrogens with one attached hydrogen (secondary N) is 1. The van der Waals surface area contributed by atoms with Gasteiger partial charge in [-0.05, 0) is 35.9 Å². The van der Waals surface area contributed by atoms with Gasteiger partial charge < -0.3 is 10.4 Å². The summed E-state index contributed by atoms with van der Waals surface area (Å²) in [6, 6.07) is 0. The first-order valence-corrected chi connectivity index (χ1v) is 5.15. The Bertz CT molecular complexity index is 267. The van der Waals surface area contributed by atoms with E-state index in [1.807, 2.05) is 0 Å². The lowest BCUT2D eigenvalue weighted by atomic mass is 10.3. The van der Waals surface area contributed by atoms with Crippen LogP contribution in [0.3, 0.4) is 0 Å². The summed E-state index contributed by atoms with van der Waals surface area (Å²) in [6.45, 7) is 2.50. The molecule has 4 nitrogen and oxygen atoms in total. The van der Waals surface area contributed by atoms with Gasteiger partial charge in [-0.3, -0.25) is 0 Å². The molecule has 72 valence electrons. The van der Waals surface area contributed by atoms with Gasteiger partial charge in [0.05, 0.1) is 9.67 Å². The van der Waals surface area contributed by atoms with Crippen molar-refractivity contribution in [2.24, 2.45) is 0 Å². The SMILES string of the molecule is CC(O)CCNc1ncncc1I. The maximum Gasteiger partial charge on any atom is 0.142 e. The monoisotopic (exact) mass is 293 g/mol. The third-order valence-corrected chi connectivity index (χ3v) is 2.31. The minimum Gasteiger partial charge on any atom is -0.393 e. The first kappa shape index (κ1) is 10.6. The quantitative estimate of drug-likeness (QED) is 0.821. The molecular formula is C8H12IN3O. The van der Waals surface area contributed by atoms with Crippen LogP contribution < -0.4 is 5.32 Å². The second kappa shape index (κ2) is 5.33. The Balaban J connectivity index is 2.41. The van der Waals surface area contributed by atoms with Crippen LogP contribution in [0.25, 0.3) is 0 Å². The molecule has 0 aliphatic heterocycles. The molecule has 0 spiro atoms. The molecule has 0 amide bonds. The van der Waals surface area contributed by atoms with Gasteiger partial charge in [0.15, 0.2) is 0 Å². The molecular weight excluding hydrogens is 281 g/mol. The summed E-state index contributed by atoms with van der Waals surface area (Å²) in [7, 11) is 0. The molecule has 1 aromatic rings.